The largest absolute Gasteiger partial charge is 0.327 e. The Morgan fingerprint density at radius 3 is 3.08 bits per heavy atom. The zero-order valence-electron chi connectivity index (χ0n) is 6.34. The lowest BCUT2D eigenvalue weighted by Gasteiger charge is -1.92. The monoisotopic (exact) mass is 227 g/mol. The van der Waals surface area contributed by atoms with Gasteiger partial charge in [0.1, 0.15) is 4.60 Å². The topological polar surface area (TPSA) is 50.7 Å². The molecule has 5 heteroatoms. The van der Waals surface area contributed by atoms with Crippen LogP contribution in [0.4, 0.5) is 0 Å². The highest BCUT2D eigenvalue weighted by Crippen LogP contribution is 2.11. The Morgan fingerprint density at radius 2 is 2.33 bits per heavy atom. The Kier molecular flexibility index (Phi) is 1.54. The van der Waals surface area contributed by atoms with Crippen LogP contribution in [0.25, 0.3) is 11.2 Å². The summed E-state index contributed by atoms with van der Waals surface area (Å²) in [4.78, 5) is 17.9. The van der Waals surface area contributed by atoms with Gasteiger partial charge in [-0.15, -0.1) is 0 Å². The molecule has 1 N–H and O–H groups in total. The second-order valence-electron chi connectivity index (χ2n) is 2.49. The molecule has 0 aliphatic carbocycles. The molecule has 2 heterocycles. The van der Waals surface area contributed by atoms with Gasteiger partial charge < -0.3 is 4.98 Å². The highest BCUT2D eigenvalue weighted by Gasteiger charge is 2.03. The molecule has 2 rings (SSSR count). The average Bonchev–Trinajstić information content (AvgIpc) is 2.31. The second-order valence-corrected chi connectivity index (χ2v) is 3.31. The smallest absolute Gasteiger partial charge is 0.304 e. The van der Waals surface area contributed by atoms with Crippen LogP contribution >= 0.6 is 15.9 Å². The fraction of sp³-hybridized carbons (Fsp3) is 0.143. The van der Waals surface area contributed by atoms with Gasteiger partial charge >= 0.3 is 5.69 Å². The van der Waals surface area contributed by atoms with Crippen molar-refractivity contribution in [3.8, 4) is 0 Å². The van der Waals surface area contributed by atoms with E-state index in [4.69, 9.17) is 0 Å². The first kappa shape index (κ1) is 7.54. The van der Waals surface area contributed by atoms with Gasteiger partial charge in [0.15, 0.2) is 5.65 Å². The number of nitrogens with one attached hydrogen (secondary N) is 1. The van der Waals surface area contributed by atoms with Gasteiger partial charge in [-0.1, -0.05) is 0 Å². The SMILES string of the molecule is Cn1c(=O)[nH]c2ccc(Br)nc21. The van der Waals surface area contributed by atoms with E-state index in [-0.39, 0.29) is 5.69 Å². The van der Waals surface area contributed by atoms with E-state index in [9.17, 15) is 4.79 Å². The molecule has 0 aliphatic rings. The number of rotatable bonds is 0. The van der Waals surface area contributed by atoms with Crippen molar-refractivity contribution in [2.45, 2.75) is 0 Å². The summed E-state index contributed by atoms with van der Waals surface area (Å²) in [6, 6.07) is 3.60. The van der Waals surface area contributed by atoms with Crippen LogP contribution in [-0.2, 0) is 7.05 Å². The zero-order chi connectivity index (χ0) is 8.72. The summed E-state index contributed by atoms with van der Waals surface area (Å²) in [7, 11) is 1.68. The van der Waals surface area contributed by atoms with E-state index in [1.54, 1.807) is 13.1 Å². The number of pyridine rings is 1. The Morgan fingerprint density at radius 1 is 1.58 bits per heavy atom. The number of nitrogens with zero attached hydrogens (tertiary/aromatic N) is 2. The van der Waals surface area contributed by atoms with Gasteiger partial charge in [0.2, 0.25) is 0 Å². The number of aromatic amines is 1. The first-order valence-corrected chi connectivity index (χ1v) is 4.19. The molecule has 4 nitrogen and oxygen atoms in total. The van der Waals surface area contributed by atoms with E-state index in [0.717, 1.165) is 10.1 Å². The summed E-state index contributed by atoms with van der Waals surface area (Å²) in [5, 5.41) is 0. The highest BCUT2D eigenvalue weighted by molar-refractivity contribution is 9.10. The average molecular weight is 228 g/mol. The number of halogens is 1. The molecule has 2 aromatic heterocycles. The summed E-state index contributed by atoms with van der Waals surface area (Å²) in [5.74, 6) is 0. The first-order valence-electron chi connectivity index (χ1n) is 3.40. The molecular formula is C7H6BrN3O. The van der Waals surface area contributed by atoms with E-state index < -0.39 is 0 Å². The first-order chi connectivity index (χ1) is 5.68. The number of aromatic nitrogens is 3. The van der Waals surface area contributed by atoms with Crippen molar-refractivity contribution in [1.29, 1.82) is 0 Å². The lowest BCUT2D eigenvalue weighted by molar-refractivity contribution is 0.877. The van der Waals surface area contributed by atoms with E-state index in [1.807, 2.05) is 6.07 Å². The lowest BCUT2D eigenvalue weighted by Crippen LogP contribution is -2.12. The maximum atomic E-state index is 11.1. The molecule has 0 saturated carbocycles. The molecule has 0 atom stereocenters. The van der Waals surface area contributed by atoms with Crippen molar-refractivity contribution in [2.75, 3.05) is 0 Å². The van der Waals surface area contributed by atoms with Crippen LogP contribution in [0, 0.1) is 0 Å². The zero-order valence-corrected chi connectivity index (χ0v) is 7.92. The summed E-state index contributed by atoms with van der Waals surface area (Å²) < 4.78 is 2.20. The summed E-state index contributed by atoms with van der Waals surface area (Å²) in [6.45, 7) is 0. The van der Waals surface area contributed by atoms with Crippen LogP contribution in [0.5, 0.6) is 0 Å². The molecule has 12 heavy (non-hydrogen) atoms. The van der Waals surface area contributed by atoms with E-state index >= 15 is 0 Å². The highest BCUT2D eigenvalue weighted by atomic mass is 79.9. The third-order valence-electron chi connectivity index (χ3n) is 1.71. The van der Waals surface area contributed by atoms with E-state index in [2.05, 4.69) is 25.9 Å². The standard InChI is InChI=1S/C7H6BrN3O/c1-11-6-4(9-7(11)12)2-3-5(8)10-6/h2-3H,1H3,(H,9,12). The third-order valence-corrected chi connectivity index (χ3v) is 2.15. The van der Waals surface area contributed by atoms with Crippen LogP contribution in [-0.4, -0.2) is 14.5 Å². The number of H-pyrrole nitrogens is 1. The van der Waals surface area contributed by atoms with Gasteiger partial charge in [0.25, 0.3) is 0 Å². The van der Waals surface area contributed by atoms with Crippen molar-refractivity contribution in [3.05, 3.63) is 27.2 Å². The Labute approximate surface area is 76.4 Å². The van der Waals surface area contributed by atoms with Crippen molar-refractivity contribution >= 4 is 27.1 Å². The fourth-order valence-corrected chi connectivity index (χ4v) is 1.37. The predicted molar refractivity (Wildman–Crippen MR) is 49.0 cm³/mol. The Hall–Kier alpha value is -1.10. The molecule has 0 unspecified atom stereocenters. The summed E-state index contributed by atoms with van der Waals surface area (Å²) >= 11 is 3.24. The van der Waals surface area contributed by atoms with Crippen LogP contribution in [0.2, 0.25) is 0 Å². The van der Waals surface area contributed by atoms with E-state index in [0.29, 0.717) is 5.65 Å². The molecule has 0 saturated heterocycles. The quantitative estimate of drug-likeness (QED) is 0.684. The molecule has 0 aliphatic heterocycles. The number of fused-ring (bicyclic) bond motifs is 1. The minimum atomic E-state index is -0.143. The van der Waals surface area contributed by atoms with Gasteiger partial charge in [0.05, 0.1) is 5.52 Å². The third kappa shape index (κ3) is 0.972. The van der Waals surface area contributed by atoms with Crippen molar-refractivity contribution in [3.63, 3.8) is 0 Å². The second kappa shape index (κ2) is 2.45. The molecule has 0 spiro atoms. The van der Waals surface area contributed by atoms with E-state index in [1.165, 1.54) is 4.57 Å². The van der Waals surface area contributed by atoms with Crippen LogP contribution in [0.15, 0.2) is 21.5 Å². The summed E-state index contributed by atoms with van der Waals surface area (Å²) in [5.41, 5.74) is 1.27. The van der Waals surface area contributed by atoms with Crippen LogP contribution in [0.1, 0.15) is 0 Å². The van der Waals surface area contributed by atoms with Crippen molar-refractivity contribution in [1.82, 2.24) is 14.5 Å². The molecule has 2 aromatic rings. The van der Waals surface area contributed by atoms with Crippen molar-refractivity contribution in [2.24, 2.45) is 7.05 Å². The fourth-order valence-electron chi connectivity index (χ4n) is 1.07. The van der Waals surface area contributed by atoms with Gasteiger partial charge in [0, 0.05) is 7.05 Å². The maximum absolute atomic E-state index is 11.1. The Balaban J connectivity index is 2.98. The normalized spacial score (nSPS) is 10.8. The number of aryl methyl sites for hydroxylation is 1. The van der Waals surface area contributed by atoms with Crippen molar-refractivity contribution < 1.29 is 0 Å². The lowest BCUT2D eigenvalue weighted by atomic mass is 10.4. The molecular weight excluding hydrogens is 222 g/mol. The number of hydrogen-bond donors (Lipinski definition) is 1. The minimum Gasteiger partial charge on any atom is -0.304 e. The van der Waals surface area contributed by atoms with Gasteiger partial charge in [-0.05, 0) is 28.1 Å². The number of hydrogen-bond acceptors (Lipinski definition) is 2. The predicted octanol–water partition coefficient (Wildman–Crippen LogP) is 1.02. The van der Waals surface area contributed by atoms with Gasteiger partial charge in [-0.2, -0.15) is 0 Å². The maximum Gasteiger partial charge on any atom is 0.327 e. The molecule has 0 radical (unpaired) electrons. The molecule has 0 fully saturated rings. The van der Waals surface area contributed by atoms with Crippen LogP contribution in [0.3, 0.4) is 0 Å². The van der Waals surface area contributed by atoms with Crippen LogP contribution < -0.4 is 5.69 Å². The molecule has 62 valence electrons. The van der Waals surface area contributed by atoms with Gasteiger partial charge in [-0.3, -0.25) is 4.57 Å². The minimum absolute atomic E-state index is 0.143. The Bertz CT molecular complexity index is 485. The number of imidazole rings is 1. The molecule has 0 aromatic carbocycles. The molecule has 0 bridgehead atoms. The summed E-state index contributed by atoms with van der Waals surface area (Å²) in [6.07, 6.45) is 0. The van der Waals surface area contributed by atoms with Gasteiger partial charge in [-0.25, -0.2) is 9.78 Å². The molecule has 0 amide bonds.